The summed E-state index contributed by atoms with van der Waals surface area (Å²) in [5, 5.41) is 0. The number of hydrogen-bond donors (Lipinski definition) is 0. The standard InChI is InChI=1S/C9H13NO2.C6H6O2.ClH/c1-10(2)6-5-8(11)9-4-3-7-12-9;1-5(7)6-3-2-4-8-6;/h3-4,7H,5-6H2,1-2H3;2-4H,1H3;1H. The molecular formula is C15H20ClNO4. The minimum Gasteiger partial charge on any atom is -0.461 e. The van der Waals surface area contributed by atoms with Gasteiger partial charge in [0.2, 0.25) is 0 Å². The van der Waals surface area contributed by atoms with E-state index in [9.17, 15) is 9.59 Å². The third-order valence-electron chi connectivity index (χ3n) is 2.45. The monoisotopic (exact) mass is 313 g/mol. The lowest BCUT2D eigenvalue weighted by Gasteiger charge is -2.06. The Labute approximate surface area is 130 Å². The summed E-state index contributed by atoms with van der Waals surface area (Å²) in [6.07, 6.45) is 3.51. The molecule has 0 saturated heterocycles. The van der Waals surface area contributed by atoms with Crippen molar-refractivity contribution in [2.24, 2.45) is 0 Å². The molecule has 0 aromatic carbocycles. The minimum absolute atomic E-state index is 0. The smallest absolute Gasteiger partial charge is 0.199 e. The zero-order valence-corrected chi connectivity index (χ0v) is 13.2. The average molecular weight is 314 g/mol. The number of rotatable bonds is 5. The largest absolute Gasteiger partial charge is 0.461 e. The molecule has 0 aliphatic rings. The van der Waals surface area contributed by atoms with Gasteiger partial charge in [0.25, 0.3) is 0 Å². The molecule has 116 valence electrons. The maximum absolute atomic E-state index is 11.3. The van der Waals surface area contributed by atoms with Gasteiger partial charge in [-0.1, -0.05) is 0 Å². The predicted octanol–water partition coefficient (Wildman–Crippen LogP) is 3.32. The molecule has 2 aromatic rings. The second kappa shape index (κ2) is 9.96. The SMILES string of the molecule is CC(=O)c1ccco1.CN(C)CCC(=O)c1ccco1.Cl. The van der Waals surface area contributed by atoms with Crippen molar-refractivity contribution in [3.8, 4) is 0 Å². The lowest BCUT2D eigenvalue weighted by atomic mass is 10.2. The van der Waals surface area contributed by atoms with Gasteiger partial charge in [0.1, 0.15) is 0 Å². The Morgan fingerprint density at radius 2 is 1.57 bits per heavy atom. The van der Waals surface area contributed by atoms with Crippen LogP contribution in [0.4, 0.5) is 0 Å². The molecule has 2 aromatic heterocycles. The Morgan fingerprint density at radius 1 is 1.05 bits per heavy atom. The highest BCUT2D eigenvalue weighted by Gasteiger charge is 2.07. The highest BCUT2D eigenvalue weighted by atomic mass is 35.5. The van der Waals surface area contributed by atoms with Crippen LogP contribution in [0.1, 0.15) is 34.5 Å². The van der Waals surface area contributed by atoms with E-state index in [1.54, 1.807) is 24.3 Å². The van der Waals surface area contributed by atoms with Crippen LogP contribution in [0, 0.1) is 0 Å². The van der Waals surface area contributed by atoms with Crippen LogP contribution in [0.3, 0.4) is 0 Å². The molecule has 0 bridgehead atoms. The summed E-state index contributed by atoms with van der Waals surface area (Å²) in [5.74, 6) is 0.908. The van der Waals surface area contributed by atoms with Crippen molar-refractivity contribution in [2.45, 2.75) is 13.3 Å². The molecule has 21 heavy (non-hydrogen) atoms. The van der Waals surface area contributed by atoms with Gasteiger partial charge in [0.15, 0.2) is 23.1 Å². The number of carbonyl (C=O) groups is 2. The van der Waals surface area contributed by atoms with Crippen LogP contribution in [0.25, 0.3) is 0 Å². The first-order valence-corrected chi connectivity index (χ1v) is 6.26. The lowest BCUT2D eigenvalue weighted by Crippen LogP contribution is -2.16. The quantitative estimate of drug-likeness (QED) is 0.792. The molecule has 2 rings (SSSR count). The summed E-state index contributed by atoms with van der Waals surface area (Å²) in [5.41, 5.74) is 0. The molecule has 0 unspecified atom stereocenters. The molecule has 6 heteroatoms. The van der Waals surface area contributed by atoms with Gasteiger partial charge in [0.05, 0.1) is 12.5 Å². The number of Topliss-reactive ketones (excluding diaryl/α,β-unsaturated/α-hetero) is 2. The molecule has 0 fully saturated rings. The molecule has 0 radical (unpaired) electrons. The predicted molar refractivity (Wildman–Crippen MR) is 82.2 cm³/mol. The Balaban J connectivity index is 0.000000390. The number of furan rings is 2. The van der Waals surface area contributed by atoms with E-state index in [1.807, 2.05) is 19.0 Å². The first-order chi connectivity index (χ1) is 9.50. The normalized spacial score (nSPS) is 9.52. The topological polar surface area (TPSA) is 63.7 Å². The van der Waals surface area contributed by atoms with Crippen LogP contribution in [-0.2, 0) is 0 Å². The molecule has 0 aliphatic heterocycles. The van der Waals surface area contributed by atoms with Crippen LogP contribution in [-0.4, -0.2) is 37.1 Å². The van der Waals surface area contributed by atoms with Crippen LogP contribution >= 0.6 is 12.4 Å². The maximum atomic E-state index is 11.3. The van der Waals surface area contributed by atoms with Gasteiger partial charge in [-0.15, -0.1) is 12.4 Å². The highest BCUT2D eigenvalue weighted by molar-refractivity contribution is 5.93. The van der Waals surface area contributed by atoms with E-state index in [2.05, 4.69) is 0 Å². The van der Waals surface area contributed by atoms with Crippen molar-refractivity contribution < 1.29 is 18.4 Å². The molecule has 0 amide bonds. The van der Waals surface area contributed by atoms with E-state index < -0.39 is 0 Å². The van der Waals surface area contributed by atoms with E-state index in [0.717, 1.165) is 6.54 Å². The number of carbonyl (C=O) groups excluding carboxylic acids is 2. The highest BCUT2D eigenvalue weighted by Crippen LogP contribution is 2.03. The Hall–Kier alpha value is -1.85. The maximum Gasteiger partial charge on any atom is 0.199 e. The van der Waals surface area contributed by atoms with Crippen molar-refractivity contribution in [3.05, 3.63) is 48.3 Å². The Kier molecular flexibility index (Phi) is 9.08. The van der Waals surface area contributed by atoms with Crippen molar-refractivity contribution in [1.29, 1.82) is 0 Å². The van der Waals surface area contributed by atoms with Crippen molar-refractivity contribution >= 4 is 24.0 Å². The summed E-state index contributed by atoms with van der Waals surface area (Å²) < 4.78 is 9.70. The number of halogens is 1. The second-order valence-electron chi connectivity index (χ2n) is 4.49. The zero-order valence-electron chi connectivity index (χ0n) is 12.4. The third kappa shape index (κ3) is 7.48. The fourth-order valence-electron chi connectivity index (χ4n) is 1.36. The van der Waals surface area contributed by atoms with Gasteiger partial charge in [-0.2, -0.15) is 0 Å². The summed E-state index contributed by atoms with van der Waals surface area (Å²) in [6, 6.07) is 6.75. The van der Waals surface area contributed by atoms with E-state index in [1.165, 1.54) is 19.5 Å². The summed E-state index contributed by atoms with van der Waals surface area (Å²) in [4.78, 5) is 23.7. The lowest BCUT2D eigenvalue weighted by molar-refractivity contribution is 0.0944. The molecule has 2 heterocycles. The van der Waals surface area contributed by atoms with Gasteiger partial charge in [-0.3, -0.25) is 9.59 Å². The van der Waals surface area contributed by atoms with E-state index in [-0.39, 0.29) is 24.0 Å². The molecule has 5 nitrogen and oxygen atoms in total. The van der Waals surface area contributed by atoms with Crippen LogP contribution in [0.5, 0.6) is 0 Å². The molecule has 0 saturated carbocycles. The van der Waals surface area contributed by atoms with Gasteiger partial charge < -0.3 is 13.7 Å². The van der Waals surface area contributed by atoms with E-state index in [4.69, 9.17) is 8.83 Å². The van der Waals surface area contributed by atoms with E-state index >= 15 is 0 Å². The molecule has 0 atom stereocenters. The van der Waals surface area contributed by atoms with Gasteiger partial charge in [-0.05, 0) is 38.4 Å². The molecule has 0 spiro atoms. The third-order valence-corrected chi connectivity index (χ3v) is 2.45. The molecule has 0 N–H and O–H groups in total. The average Bonchev–Trinajstić information content (AvgIpc) is 3.08. The first kappa shape index (κ1) is 19.1. The first-order valence-electron chi connectivity index (χ1n) is 6.26. The summed E-state index contributed by atoms with van der Waals surface area (Å²) in [6.45, 7) is 2.23. The van der Waals surface area contributed by atoms with E-state index in [0.29, 0.717) is 17.9 Å². The van der Waals surface area contributed by atoms with Crippen LogP contribution < -0.4 is 0 Å². The zero-order chi connectivity index (χ0) is 15.0. The summed E-state index contributed by atoms with van der Waals surface area (Å²) in [7, 11) is 3.88. The van der Waals surface area contributed by atoms with Gasteiger partial charge in [0, 0.05) is 19.9 Å². The number of hydrogen-bond acceptors (Lipinski definition) is 5. The molecule has 0 aliphatic carbocycles. The Bertz CT molecular complexity index is 518. The minimum atomic E-state index is -0.0324. The van der Waals surface area contributed by atoms with Crippen LogP contribution in [0.2, 0.25) is 0 Å². The number of ketones is 2. The Morgan fingerprint density at radius 3 is 1.90 bits per heavy atom. The fourth-order valence-corrected chi connectivity index (χ4v) is 1.36. The summed E-state index contributed by atoms with van der Waals surface area (Å²) >= 11 is 0. The fraction of sp³-hybridized carbons (Fsp3) is 0.333. The second-order valence-corrected chi connectivity index (χ2v) is 4.49. The number of nitrogens with zero attached hydrogens (tertiary/aromatic N) is 1. The van der Waals surface area contributed by atoms with Crippen molar-refractivity contribution in [1.82, 2.24) is 4.90 Å². The van der Waals surface area contributed by atoms with Crippen molar-refractivity contribution in [2.75, 3.05) is 20.6 Å². The van der Waals surface area contributed by atoms with Crippen LogP contribution in [0.15, 0.2) is 45.6 Å². The van der Waals surface area contributed by atoms with Gasteiger partial charge >= 0.3 is 0 Å². The molecular weight excluding hydrogens is 294 g/mol. The van der Waals surface area contributed by atoms with Gasteiger partial charge in [-0.25, -0.2) is 0 Å². The van der Waals surface area contributed by atoms with Crippen molar-refractivity contribution in [3.63, 3.8) is 0 Å².